The Hall–Kier alpha value is -13.0. The average molecular weight is 1890 g/mol. The summed E-state index contributed by atoms with van der Waals surface area (Å²) in [5.74, 6) is 0. The van der Waals surface area contributed by atoms with E-state index in [0.717, 1.165) is 135 Å². The molecule has 0 fully saturated rings. The lowest BCUT2D eigenvalue weighted by Gasteiger charge is -2.08. The van der Waals surface area contributed by atoms with Gasteiger partial charge in [-0.3, -0.25) is 0 Å². The fraction of sp³-hybridized carbons (Fsp3) is 0. The fourth-order valence-corrected chi connectivity index (χ4v) is 26.3. The van der Waals surface area contributed by atoms with Gasteiger partial charge in [0.15, 0.2) is 0 Å². The predicted molar refractivity (Wildman–Crippen MR) is 555 cm³/mol. The molecule has 0 saturated carbocycles. The first-order valence-corrected chi connectivity index (χ1v) is 48.5. The molecule has 0 amide bonds. The molecule has 0 saturated heterocycles. The smallest absolute Gasteiger partial charge is 0.224 e. The molecule has 0 atom stereocenters. The highest BCUT2D eigenvalue weighted by Gasteiger charge is 2.25. The van der Waals surface area contributed by atoms with Gasteiger partial charge in [0.05, 0.1) is 28.5 Å². The quantitative estimate of drug-likeness (QED) is 0.152. The Morgan fingerprint density at radius 2 is 0.512 bits per heavy atom. The van der Waals surface area contributed by atoms with E-state index in [1.807, 2.05) is 78.1 Å². The number of hydrogen-bond donors (Lipinski definition) is 0. The highest BCUT2D eigenvalue weighted by molar-refractivity contribution is 7.28. The molecule has 13 heterocycles. The third-order valence-electron chi connectivity index (χ3n) is 23.1. The number of benzene rings is 15. The average Bonchev–Trinajstić information content (AvgIpc) is 1.60. The van der Waals surface area contributed by atoms with Crippen LogP contribution in [0.5, 0.6) is 0 Å². The summed E-state index contributed by atoms with van der Waals surface area (Å²) in [4.78, 5) is 50.0. The van der Waals surface area contributed by atoms with Crippen LogP contribution in [-0.2, 0) is 0 Å². The van der Waals surface area contributed by atoms with Gasteiger partial charge in [-0.15, -0.1) is 79.4 Å². The highest BCUT2D eigenvalue weighted by Crippen LogP contribution is 2.50. The lowest BCUT2D eigenvalue weighted by molar-refractivity contribution is 0.670. The van der Waals surface area contributed by atoms with Gasteiger partial charge in [-0.2, -0.15) is 0 Å². The lowest BCUT2D eigenvalue weighted by Crippen LogP contribution is -1.90. The van der Waals surface area contributed by atoms with Crippen LogP contribution in [0.4, 0.5) is 0 Å². The zero-order chi connectivity index (χ0) is 86.1. The minimum Gasteiger partial charge on any atom is -0.455 e. The Morgan fingerprint density at radius 3 is 1.02 bits per heavy atom. The summed E-state index contributed by atoms with van der Waals surface area (Å²) in [7, 11) is 0. The molecule has 11 nitrogen and oxygen atoms in total. The molecular weight excluding hydrogens is 1830 g/mol. The van der Waals surface area contributed by atoms with Gasteiger partial charge in [0.1, 0.15) is 35.3 Å². The van der Waals surface area contributed by atoms with Crippen molar-refractivity contribution >= 4 is 323 Å². The van der Waals surface area contributed by atoms with Crippen molar-refractivity contribution in [1.29, 1.82) is 0 Å². The van der Waals surface area contributed by atoms with Crippen molar-refractivity contribution in [3.05, 3.63) is 360 Å². The van der Waals surface area contributed by atoms with Crippen LogP contribution in [0, 0.1) is 0 Å². The summed E-state index contributed by atoms with van der Waals surface area (Å²) in [5.41, 5.74) is 11.4. The minimum atomic E-state index is 0.247. The lowest BCUT2D eigenvalue weighted by atomic mass is 9.99. The molecule has 0 aliphatic carbocycles. The van der Waals surface area contributed by atoms with Crippen LogP contribution in [0.2, 0.25) is 26.4 Å². The standard InChI is InChI=1S/C22H11ClN2OS.2C22H11ClN2S2.2C20H11ClN2S/c2*23-22-24-19(18-14-7-2-4-11-17(14)27-21(18)25-22)15-9-5-8-13-12-6-1-3-10-16(12)26-20(13)15;23-22-24-20(19-14-6-2-4-8-17(14)27-21(19)25-22)12-9-10-18-15(11-12)13-5-1-3-7-16(13)26-18;21-20-22-18(14-10-5-7-12-6-1-2-8-13(12)14)17-15-9-3-4-11-16(15)24-19(17)23-20;21-20-22-18(14-10-9-12-5-1-2-6-13(12)11-14)17-15-7-3-4-8-16(15)24-19(17)23-20/h3*1-11H;2*1-11H. The number of aromatic nitrogens is 10. The zero-order valence-corrected chi connectivity index (χ0v) is 76.4. The maximum atomic E-state index is 6.32. The van der Waals surface area contributed by atoms with E-state index in [0.29, 0.717) is 10.6 Å². The fourth-order valence-electron chi connectivity index (χ4n) is 17.5. The topological polar surface area (TPSA) is 142 Å². The zero-order valence-electron chi connectivity index (χ0n) is 66.9. The van der Waals surface area contributed by atoms with Gasteiger partial charge in [-0.05, 0) is 152 Å². The molecule has 28 aromatic rings. The molecule has 0 radical (unpaired) electrons. The number of furan rings is 1. The van der Waals surface area contributed by atoms with E-state index < -0.39 is 0 Å². The van der Waals surface area contributed by atoms with Crippen molar-refractivity contribution in [2.45, 2.75) is 0 Å². The van der Waals surface area contributed by atoms with E-state index >= 15 is 0 Å². The Bertz CT molecular complexity index is 9190. The monoisotopic (exact) mass is 1880 g/mol. The molecular formula is C106H55Cl5N10OS7. The van der Waals surface area contributed by atoms with Crippen LogP contribution < -0.4 is 0 Å². The van der Waals surface area contributed by atoms with E-state index in [1.165, 1.54) is 107 Å². The second-order valence-electron chi connectivity index (χ2n) is 30.6. The summed E-state index contributed by atoms with van der Waals surface area (Å²) < 4.78 is 17.3. The molecule has 0 aliphatic rings. The molecule has 0 bridgehead atoms. The molecule has 13 aromatic heterocycles. The minimum absolute atomic E-state index is 0.247. The second-order valence-corrected chi connectivity index (χ2v) is 39.5. The Labute approximate surface area is 785 Å². The van der Waals surface area contributed by atoms with E-state index in [4.69, 9.17) is 62.4 Å². The maximum absolute atomic E-state index is 6.32. The van der Waals surface area contributed by atoms with Crippen molar-refractivity contribution in [3.8, 4) is 56.3 Å². The molecule has 0 unspecified atom stereocenters. The molecule has 0 spiro atoms. The van der Waals surface area contributed by atoms with Crippen molar-refractivity contribution in [3.63, 3.8) is 0 Å². The first kappa shape index (κ1) is 79.4. The van der Waals surface area contributed by atoms with Crippen LogP contribution in [0.1, 0.15) is 0 Å². The van der Waals surface area contributed by atoms with Gasteiger partial charge >= 0.3 is 0 Å². The summed E-state index contributed by atoms with van der Waals surface area (Å²) in [6, 6.07) is 115. The van der Waals surface area contributed by atoms with Crippen molar-refractivity contribution < 1.29 is 4.42 Å². The third kappa shape index (κ3) is 14.3. The van der Waals surface area contributed by atoms with Crippen LogP contribution in [0.25, 0.3) is 242 Å². The molecule has 28 rings (SSSR count). The molecule has 0 aliphatic heterocycles. The number of thiophene rings is 7. The Morgan fingerprint density at radius 1 is 0.194 bits per heavy atom. The van der Waals surface area contributed by atoms with Crippen molar-refractivity contribution in [2.24, 2.45) is 0 Å². The van der Waals surface area contributed by atoms with Crippen LogP contribution in [-0.4, -0.2) is 49.8 Å². The van der Waals surface area contributed by atoms with E-state index in [-0.39, 0.29) is 15.9 Å². The predicted octanol–water partition coefficient (Wildman–Crippen LogP) is 34.8. The molecule has 15 aromatic carbocycles. The summed E-state index contributed by atoms with van der Waals surface area (Å²) in [6.45, 7) is 0. The van der Waals surface area contributed by atoms with Crippen molar-refractivity contribution in [1.82, 2.24) is 49.8 Å². The summed E-state index contributed by atoms with van der Waals surface area (Å²) in [5, 5.41) is 24.6. The molecule has 23 heteroatoms. The number of para-hydroxylation sites is 2. The van der Waals surface area contributed by atoms with Gasteiger partial charge in [0.25, 0.3) is 0 Å². The number of hydrogen-bond acceptors (Lipinski definition) is 18. The summed E-state index contributed by atoms with van der Waals surface area (Å²) in [6.07, 6.45) is 0. The number of halogens is 5. The van der Waals surface area contributed by atoms with Crippen LogP contribution in [0.15, 0.2) is 338 Å². The SMILES string of the molecule is Clc1nc(-c2ccc3ccccc3c2)c2c(n1)sc1ccccc12.Clc1nc(-c2ccc3sc4ccccc4c3c2)c2c(n1)sc1ccccc12.Clc1nc(-c2cccc3c2oc2ccccc23)c2c(n1)sc1ccccc12.Clc1nc(-c2cccc3c2sc2ccccc23)c2c(n1)sc1ccccc12.Clc1nc(-c2cccc3ccccc23)c2c(n1)sc1ccccc12. The van der Waals surface area contributed by atoms with E-state index in [2.05, 4.69) is 317 Å². The maximum Gasteiger partial charge on any atom is 0.224 e. The first-order chi connectivity index (χ1) is 63.5. The Balaban J connectivity index is 0.0000000897. The number of fused-ring (bicyclic) bond motifs is 26. The van der Waals surface area contributed by atoms with Crippen LogP contribution in [0.3, 0.4) is 0 Å². The number of nitrogens with zero attached hydrogens (tertiary/aromatic N) is 10. The van der Waals surface area contributed by atoms with E-state index in [9.17, 15) is 0 Å². The molecule has 612 valence electrons. The van der Waals surface area contributed by atoms with Gasteiger partial charge in [-0.1, -0.05) is 261 Å². The highest BCUT2D eigenvalue weighted by atomic mass is 35.5. The van der Waals surface area contributed by atoms with Gasteiger partial charge < -0.3 is 4.42 Å². The second kappa shape index (κ2) is 32.9. The molecule has 0 N–H and O–H groups in total. The van der Waals surface area contributed by atoms with Gasteiger partial charge in [0.2, 0.25) is 26.4 Å². The van der Waals surface area contributed by atoms with E-state index in [1.54, 1.807) is 68.0 Å². The first-order valence-electron chi connectivity index (χ1n) is 40.9. The Kier molecular flexibility index (Phi) is 20.3. The van der Waals surface area contributed by atoms with Crippen molar-refractivity contribution in [2.75, 3.05) is 0 Å². The summed E-state index contributed by atoms with van der Waals surface area (Å²) >= 11 is 43.2. The normalized spacial score (nSPS) is 11.8. The molecule has 129 heavy (non-hydrogen) atoms. The van der Waals surface area contributed by atoms with Gasteiger partial charge in [0, 0.05) is 156 Å². The van der Waals surface area contributed by atoms with Crippen LogP contribution >= 0.6 is 137 Å². The largest absolute Gasteiger partial charge is 0.455 e. The van der Waals surface area contributed by atoms with Gasteiger partial charge in [-0.25, -0.2) is 49.8 Å². The number of rotatable bonds is 5. The third-order valence-corrected chi connectivity index (χ3v) is 31.6.